The van der Waals surface area contributed by atoms with E-state index in [0.29, 0.717) is 21.3 Å². The average Bonchev–Trinajstić information content (AvgIpc) is 2.49. The average molecular weight is 412 g/mol. The third-order valence-electron chi connectivity index (χ3n) is 3.73. The van der Waals surface area contributed by atoms with Crippen LogP contribution in [0.3, 0.4) is 0 Å². The van der Waals surface area contributed by atoms with Gasteiger partial charge in [0.2, 0.25) is 9.76 Å². The molecule has 0 spiro atoms. The van der Waals surface area contributed by atoms with Crippen LogP contribution in [0.1, 0.15) is 66.5 Å². The lowest BCUT2D eigenvalue weighted by Gasteiger charge is -2.31. The Hall–Kier alpha value is -1.04. The third kappa shape index (κ3) is 8.67. The van der Waals surface area contributed by atoms with E-state index in [1.54, 1.807) is 11.9 Å². The molecule has 0 aliphatic heterocycles. The molecule has 0 aromatic heterocycles. The van der Waals surface area contributed by atoms with Gasteiger partial charge in [0.25, 0.3) is 0 Å². The van der Waals surface area contributed by atoms with Crippen molar-refractivity contribution >= 4 is 27.5 Å². The highest BCUT2D eigenvalue weighted by Crippen LogP contribution is 2.34. The summed E-state index contributed by atoms with van der Waals surface area (Å²) in [7, 11) is 2.12. The Morgan fingerprint density at radius 2 is 1.70 bits per heavy atom. The third-order valence-corrected chi connectivity index (χ3v) is 5.29. The zero-order chi connectivity index (χ0) is 21.0. The maximum absolute atomic E-state index is 12.1. The molecule has 0 saturated carbocycles. The number of hydrogen-bond acceptors (Lipinski definition) is 3. The second kappa shape index (κ2) is 8.97. The molecule has 0 N–H and O–H groups in total. The molecule has 0 bridgehead atoms. The SMILES string of the molecule is CN(CCc1ccc(Cl)c(C(C)(C)O[Si]C(C)(C)C)c1)C(=O)OC(C)(C)C. The maximum Gasteiger partial charge on any atom is 0.410 e. The summed E-state index contributed by atoms with van der Waals surface area (Å²) in [6.45, 7) is 16.7. The fraction of sp³-hybridized carbons (Fsp3) is 0.667. The van der Waals surface area contributed by atoms with Crippen molar-refractivity contribution in [2.24, 2.45) is 0 Å². The van der Waals surface area contributed by atoms with Crippen LogP contribution >= 0.6 is 11.6 Å². The highest BCUT2D eigenvalue weighted by atomic mass is 35.5. The first-order valence-corrected chi connectivity index (χ1v) is 10.6. The van der Waals surface area contributed by atoms with Crippen molar-refractivity contribution in [3.63, 3.8) is 0 Å². The first kappa shape index (κ1) is 24.0. The molecule has 1 aromatic rings. The van der Waals surface area contributed by atoms with Crippen molar-refractivity contribution in [3.8, 4) is 0 Å². The van der Waals surface area contributed by atoms with Crippen LogP contribution in [0.2, 0.25) is 10.1 Å². The van der Waals surface area contributed by atoms with Crippen LogP contribution < -0.4 is 0 Å². The van der Waals surface area contributed by atoms with Gasteiger partial charge < -0.3 is 14.1 Å². The topological polar surface area (TPSA) is 38.8 Å². The molecule has 152 valence electrons. The van der Waals surface area contributed by atoms with Crippen LogP contribution in [0.15, 0.2) is 18.2 Å². The Labute approximate surface area is 172 Å². The molecule has 6 heteroatoms. The zero-order valence-electron chi connectivity index (χ0n) is 18.2. The molecule has 1 rings (SSSR count). The molecule has 0 fully saturated rings. The number of ether oxygens (including phenoxy) is 1. The smallest absolute Gasteiger partial charge is 0.410 e. The molecule has 27 heavy (non-hydrogen) atoms. The van der Waals surface area contributed by atoms with E-state index in [4.69, 9.17) is 20.8 Å². The minimum absolute atomic E-state index is 0.109. The van der Waals surface area contributed by atoms with Gasteiger partial charge in [0.15, 0.2) is 0 Å². The van der Waals surface area contributed by atoms with Crippen molar-refractivity contribution < 1.29 is 14.0 Å². The fourth-order valence-electron chi connectivity index (χ4n) is 2.25. The number of halogens is 1. The fourth-order valence-corrected chi connectivity index (χ4v) is 3.27. The molecule has 0 unspecified atom stereocenters. The van der Waals surface area contributed by atoms with Gasteiger partial charge in [-0.3, -0.25) is 0 Å². The van der Waals surface area contributed by atoms with Gasteiger partial charge in [-0.15, -0.1) is 0 Å². The van der Waals surface area contributed by atoms with Crippen LogP contribution in [0.4, 0.5) is 4.79 Å². The number of nitrogens with zero attached hydrogens (tertiary/aromatic N) is 1. The van der Waals surface area contributed by atoms with E-state index in [1.807, 2.05) is 46.8 Å². The van der Waals surface area contributed by atoms with Gasteiger partial charge >= 0.3 is 6.09 Å². The summed E-state index contributed by atoms with van der Waals surface area (Å²) in [6.07, 6.45) is 0.407. The summed E-state index contributed by atoms with van der Waals surface area (Å²) in [5, 5.41) is 0.806. The minimum atomic E-state index is -0.492. The zero-order valence-corrected chi connectivity index (χ0v) is 20.0. The van der Waals surface area contributed by atoms with Gasteiger partial charge in [0.1, 0.15) is 5.60 Å². The molecule has 0 atom stereocenters. The lowest BCUT2D eigenvalue weighted by Crippen LogP contribution is -2.35. The quantitative estimate of drug-likeness (QED) is 0.552. The minimum Gasteiger partial charge on any atom is -0.444 e. The van der Waals surface area contributed by atoms with Gasteiger partial charge in [-0.1, -0.05) is 44.5 Å². The van der Waals surface area contributed by atoms with E-state index in [9.17, 15) is 4.79 Å². The highest BCUT2D eigenvalue weighted by Gasteiger charge is 2.27. The molecular formula is C21H34ClNO3Si. The van der Waals surface area contributed by atoms with Crippen molar-refractivity contribution in [2.45, 2.75) is 78.1 Å². The lowest BCUT2D eigenvalue weighted by molar-refractivity contribution is 0.0300. The van der Waals surface area contributed by atoms with Gasteiger partial charge in [0.05, 0.1) is 5.60 Å². The highest BCUT2D eigenvalue weighted by molar-refractivity contribution is 6.32. The van der Waals surface area contributed by atoms with Gasteiger partial charge in [0, 0.05) is 24.2 Å². The first-order chi connectivity index (χ1) is 12.1. The molecule has 0 aliphatic rings. The summed E-state index contributed by atoms with van der Waals surface area (Å²) in [5.74, 6) is 0. The van der Waals surface area contributed by atoms with Gasteiger partial charge in [-0.2, -0.15) is 0 Å². The monoisotopic (exact) mass is 411 g/mol. The Morgan fingerprint density at radius 1 is 1.11 bits per heavy atom. The van der Waals surface area contributed by atoms with E-state index in [2.05, 4.69) is 26.8 Å². The van der Waals surface area contributed by atoms with Crippen molar-refractivity contribution in [1.29, 1.82) is 0 Å². The van der Waals surface area contributed by atoms with Crippen LogP contribution in [0, 0.1) is 0 Å². The molecule has 0 heterocycles. The second-order valence-electron chi connectivity index (χ2n) is 9.43. The normalized spacial score (nSPS) is 12.8. The number of rotatable bonds is 6. The van der Waals surface area contributed by atoms with Crippen molar-refractivity contribution in [2.75, 3.05) is 13.6 Å². The number of carbonyl (C=O) groups is 1. The molecule has 0 saturated heterocycles. The molecule has 2 radical (unpaired) electrons. The predicted molar refractivity (Wildman–Crippen MR) is 114 cm³/mol. The van der Waals surface area contributed by atoms with E-state index in [-0.39, 0.29) is 11.1 Å². The van der Waals surface area contributed by atoms with Crippen LogP contribution in [0.5, 0.6) is 0 Å². The number of likely N-dealkylation sites (N-methyl/N-ethyl adjacent to an activating group) is 1. The van der Waals surface area contributed by atoms with Gasteiger partial charge in [-0.25, -0.2) is 4.79 Å². The molecule has 4 nitrogen and oxygen atoms in total. The molecule has 1 amide bonds. The Kier molecular flexibility index (Phi) is 7.97. The largest absolute Gasteiger partial charge is 0.444 e. The summed E-state index contributed by atoms with van der Waals surface area (Å²) >= 11 is 6.46. The van der Waals surface area contributed by atoms with Gasteiger partial charge in [-0.05, 0) is 57.7 Å². The summed E-state index contributed by atoms with van der Waals surface area (Å²) in [5.41, 5.74) is 1.11. The van der Waals surface area contributed by atoms with E-state index in [1.165, 1.54) is 0 Å². The van der Waals surface area contributed by atoms with Crippen LogP contribution in [-0.2, 0) is 21.2 Å². The van der Waals surface area contributed by atoms with Crippen LogP contribution in [-0.4, -0.2) is 39.9 Å². The Bertz CT molecular complexity index is 648. The van der Waals surface area contributed by atoms with E-state index in [0.717, 1.165) is 17.5 Å². The predicted octanol–water partition coefficient (Wildman–Crippen LogP) is 5.84. The number of amides is 1. The van der Waals surface area contributed by atoms with Crippen molar-refractivity contribution in [1.82, 2.24) is 4.90 Å². The molecular weight excluding hydrogens is 378 g/mol. The molecule has 1 aromatic carbocycles. The summed E-state index contributed by atoms with van der Waals surface area (Å²) in [6, 6.07) is 5.99. The number of benzene rings is 1. The number of carbonyl (C=O) groups excluding carboxylic acids is 1. The lowest BCUT2D eigenvalue weighted by atomic mass is 9.95. The number of hydrogen-bond donors (Lipinski definition) is 0. The Balaban J connectivity index is 2.82. The standard InChI is InChI=1S/C21H34ClNO3Si/c1-19(2,3)25-18(24)23(9)13-12-15-10-11-17(22)16(14-15)21(7,8)26-27-20(4,5)6/h10-11,14H,12-13H2,1-9H3. The summed E-state index contributed by atoms with van der Waals surface area (Å²) in [4.78, 5) is 13.7. The first-order valence-electron chi connectivity index (χ1n) is 9.29. The summed E-state index contributed by atoms with van der Waals surface area (Å²) < 4.78 is 11.6. The second-order valence-corrected chi connectivity index (χ2v) is 11.7. The van der Waals surface area contributed by atoms with E-state index >= 15 is 0 Å². The van der Waals surface area contributed by atoms with Crippen LogP contribution in [0.25, 0.3) is 0 Å². The maximum atomic E-state index is 12.1. The van der Waals surface area contributed by atoms with E-state index < -0.39 is 11.2 Å². The van der Waals surface area contributed by atoms with Crippen molar-refractivity contribution in [3.05, 3.63) is 34.3 Å². The molecule has 0 aliphatic carbocycles. The Morgan fingerprint density at radius 3 is 2.22 bits per heavy atom.